The number of rotatable bonds is 3. The second-order valence-electron chi connectivity index (χ2n) is 5.45. The number of allylic oxidation sites excluding steroid dienone is 1. The number of alkyl halides is 6. The van der Waals surface area contributed by atoms with Gasteiger partial charge in [-0.25, -0.2) is 8.42 Å². The van der Waals surface area contributed by atoms with Gasteiger partial charge < -0.3 is 0 Å². The van der Waals surface area contributed by atoms with E-state index in [1.807, 2.05) is 0 Å². The molecule has 0 atom stereocenters. The second kappa shape index (κ2) is 6.79. The molecule has 0 N–H and O–H groups in total. The van der Waals surface area contributed by atoms with Crippen molar-refractivity contribution < 1.29 is 34.8 Å². The van der Waals surface area contributed by atoms with Gasteiger partial charge in [-0.15, -0.1) is 0 Å². The number of hydrogen-bond donors (Lipinski definition) is 0. The van der Waals surface area contributed by atoms with E-state index >= 15 is 0 Å². The van der Waals surface area contributed by atoms with Crippen LogP contribution in [0, 0.1) is 6.92 Å². The van der Waals surface area contributed by atoms with E-state index in [0.717, 1.165) is 24.3 Å². The maximum atomic E-state index is 13.3. The first-order chi connectivity index (χ1) is 11.8. The molecule has 26 heavy (non-hydrogen) atoms. The third-order valence-electron chi connectivity index (χ3n) is 3.41. The van der Waals surface area contributed by atoms with Crippen molar-refractivity contribution >= 4 is 15.9 Å². The van der Waals surface area contributed by atoms with Gasteiger partial charge in [0.1, 0.15) is 0 Å². The molecule has 140 valence electrons. The lowest BCUT2D eigenvalue weighted by atomic mass is 10.1. The van der Waals surface area contributed by atoms with E-state index in [1.165, 1.54) is 12.1 Å². The minimum atomic E-state index is -5.28. The summed E-state index contributed by atoms with van der Waals surface area (Å²) in [6.07, 6.45) is -9.85. The van der Waals surface area contributed by atoms with Crippen molar-refractivity contribution in [3.05, 3.63) is 70.1 Å². The van der Waals surface area contributed by atoms with Gasteiger partial charge in [-0.2, -0.15) is 26.3 Å². The third kappa shape index (κ3) is 4.46. The van der Waals surface area contributed by atoms with E-state index in [1.54, 1.807) is 6.92 Å². The fourth-order valence-electron chi connectivity index (χ4n) is 2.11. The van der Waals surface area contributed by atoms with Gasteiger partial charge >= 0.3 is 12.4 Å². The van der Waals surface area contributed by atoms with E-state index in [-0.39, 0.29) is 6.08 Å². The zero-order valence-electron chi connectivity index (χ0n) is 13.2. The number of aryl methyl sites for hydroxylation is 1. The summed E-state index contributed by atoms with van der Waals surface area (Å²) in [5.41, 5.74) is -1.07. The molecule has 0 heterocycles. The molecule has 2 nitrogen and oxygen atoms in total. The van der Waals surface area contributed by atoms with Crippen LogP contribution in [0.5, 0.6) is 0 Å². The van der Waals surface area contributed by atoms with E-state index < -0.39 is 43.1 Å². The Bertz CT molecular complexity index is 923. The van der Waals surface area contributed by atoms with Gasteiger partial charge in [0.25, 0.3) is 0 Å². The monoisotopic (exact) mass is 394 g/mol. The van der Waals surface area contributed by atoms with Crippen molar-refractivity contribution in [2.75, 3.05) is 0 Å². The van der Waals surface area contributed by atoms with Crippen LogP contribution in [0.15, 0.2) is 58.3 Å². The standard InChI is InChI=1S/C17H12F6O2S/c1-11-5-7-14(8-6-11)26(24,25)15(17(21,22)23)10-12-3-2-4-13(9-12)16(18,19)20/h2-10H,1H3. The van der Waals surface area contributed by atoms with Gasteiger partial charge in [0.05, 0.1) is 10.5 Å². The van der Waals surface area contributed by atoms with Crippen LogP contribution in [-0.4, -0.2) is 14.6 Å². The topological polar surface area (TPSA) is 34.1 Å². The van der Waals surface area contributed by atoms with Crippen LogP contribution in [-0.2, 0) is 16.0 Å². The lowest BCUT2D eigenvalue weighted by Gasteiger charge is -2.14. The summed E-state index contributed by atoms with van der Waals surface area (Å²) in [5, 5.41) is 0. The van der Waals surface area contributed by atoms with E-state index in [0.29, 0.717) is 17.7 Å². The highest BCUT2D eigenvalue weighted by Gasteiger charge is 2.43. The molecule has 0 aromatic heterocycles. The predicted molar refractivity (Wildman–Crippen MR) is 83.8 cm³/mol. The lowest BCUT2D eigenvalue weighted by molar-refractivity contribution is -0.137. The third-order valence-corrected chi connectivity index (χ3v) is 5.23. The Balaban J connectivity index is 2.62. The zero-order valence-corrected chi connectivity index (χ0v) is 14.0. The minimum absolute atomic E-state index is 0.199. The normalized spacial score (nSPS) is 13.7. The largest absolute Gasteiger partial charge is 0.427 e. The summed E-state index contributed by atoms with van der Waals surface area (Å²) >= 11 is 0. The molecule has 0 unspecified atom stereocenters. The average molecular weight is 394 g/mol. The molecule has 2 rings (SSSR count). The molecule has 0 fully saturated rings. The highest BCUT2D eigenvalue weighted by Crippen LogP contribution is 2.36. The van der Waals surface area contributed by atoms with Crippen LogP contribution in [0.4, 0.5) is 26.3 Å². The van der Waals surface area contributed by atoms with Gasteiger partial charge in [-0.05, 0) is 42.8 Å². The van der Waals surface area contributed by atoms with Gasteiger partial charge in [0, 0.05) is 0 Å². The lowest BCUT2D eigenvalue weighted by Crippen LogP contribution is -2.20. The summed E-state index contributed by atoms with van der Waals surface area (Å²) in [5.74, 6) is 0. The van der Waals surface area contributed by atoms with Crippen molar-refractivity contribution in [1.29, 1.82) is 0 Å². The molecule has 0 radical (unpaired) electrons. The summed E-state index contributed by atoms with van der Waals surface area (Å²) in [6, 6.07) is 7.67. The van der Waals surface area contributed by atoms with Crippen LogP contribution < -0.4 is 0 Å². The maximum Gasteiger partial charge on any atom is 0.427 e. The van der Waals surface area contributed by atoms with Crippen LogP contribution in [0.3, 0.4) is 0 Å². The predicted octanol–water partition coefficient (Wildman–Crippen LogP) is 5.39. The molecule has 0 amide bonds. The van der Waals surface area contributed by atoms with Crippen LogP contribution >= 0.6 is 0 Å². The number of hydrogen-bond acceptors (Lipinski definition) is 2. The zero-order chi connectivity index (χ0) is 19.8. The smallest absolute Gasteiger partial charge is 0.219 e. The SMILES string of the molecule is Cc1ccc(S(=O)(=O)C(=Cc2cccc(C(F)(F)F)c2)C(F)(F)F)cc1. The Hall–Kier alpha value is -2.29. The van der Waals surface area contributed by atoms with Crippen LogP contribution in [0.1, 0.15) is 16.7 Å². The van der Waals surface area contributed by atoms with Crippen molar-refractivity contribution in [2.45, 2.75) is 24.2 Å². The molecule has 2 aromatic carbocycles. The molecular formula is C17H12F6O2S. The first kappa shape index (κ1) is 20.0. The Morgan fingerprint density at radius 3 is 2.00 bits per heavy atom. The molecule has 0 aliphatic rings. The van der Waals surface area contributed by atoms with Crippen LogP contribution in [0.25, 0.3) is 6.08 Å². The van der Waals surface area contributed by atoms with E-state index in [2.05, 4.69) is 0 Å². The summed E-state index contributed by atoms with van der Waals surface area (Å²) in [4.78, 5) is -2.54. The molecule has 0 saturated carbocycles. The van der Waals surface area contributed by atoms with Gasteiger partial charge in [0.15, 0.2) is 4.91 Å². The molecule has 0 aliphatic heterocycles. The number of benzene rings is 2. The molecule has 0 saturated heterocycles. The fourth-order valence-corrected chi connectivity index (χ4v) is 3.46. The van der Waals surface area contributed by atoms with Crippen molar-refractivity contribution in [1.82, 2.24) is 0 Å². The first-order valence-corrected chi connectivity index (χ1v) is 8.58. The van der Waals surface area contributed by atoms with Crippen molar-refractivity contribution in [3.8, 4) is 0 Å². The highest BCUT2D eigenvalue weighted by atomic mass is 32.2. The molecule has 0 spiro atoms. The number of halogens is 6. The molecule has 9 heteroatoms. The maximum absolute atomic E-state index is 13.3. The number of sulfone groups is 1. The molecule has 0 aliphatic carbocycles. The Labute approximate surface area is 145 Å². The summed E-state index contributed by atoms with van der Waals surface area (Å²) in [7, 11) is -4.97. The quantitative estimate of drug-likeness (QED) is 0.654. The highest BCUT2D eigenvalue weighted by molar-refractivity contribution is 7.95. The minimum Gasteiger partial charge on any atom is -0.219 e. The van der Waals surface area contributed by atoms with Crippen molar-refractivity contribution in [3.63, 3.8) is 0 Å². The van der Waals surface area contributed by atoms with Crippen molar-refractivity contribution in [2.24, 2.45) is 0 Å². The first-order valence-electron chi connectivity index (χ1n) is 7.10. The van der Waals surface area contributed by atoms with E-state index in [4.69, 9.17) is 0 Å². The fraction of sp³-hybridized carbons (Fsp3) is 0.176. The van der Waals surface area contributed by atoms with Gasteiger partial charge in [-0.3, -0.25) is 0 Å². The second-order valence-corrected chi connectivity index (χ2v) is 7.36. The molecule has 0 bridgehead atoms. The Kier molecular flexibility index (Phi) is 5.23. The van der Waals surface area contributed by atoms with Gasteiger partial charge in [-0.1, -0.05) is 29.8 Å². The Morgan fingerprint density at radius 1 is 0.923 bits per heavy atom. The van der Waals surface area contributed by atoms with Gasteiger partial charge in [0.2, 0.25) is 9.84 Å². The summed E-state index contributed by atoms with van der Waals surface area (Å²) in [6.45, 7) is 1.62. The molecule has 2 aromatic rings. The molecular weight excluding hydrogens is 382 g/mol. The van der Waals surface area contributed by atoms with Crippen LogP contribution in [0.2, 0.25) is 0 Å². The van der Waals surface area contributed by atoms with E-state index in [9.17, 15) is 34.8 Å². The average Bonchev–Trinajstić information content (AvgIpc) is 2.51. The Morgan fingerprint density at radius 2 is 1.50 bits per heavy atom. The summed E-state index contributed by atoms with van der Waals surface area (Å²) < 4.78 is 103.